The standard InChI is InChI=1S/C19H16N6S/c1-2-22-18-14(10-20)17(13-6-4-3-5-7-13)15(11-21)19(25-18)26-12-16-23-8-9-24-16/h3-9H,2,12H2,1H3,(H,22,25)(H,23,24)/p+1. The molecule has 0 bridgehead atoms. The molecule has 1 aliphatic rings. The molecule has 0 amide bonds. The van der Waals surface area contributed by atoms with Crippen molar-refractivity contribution in [2.45, 2.75) is 11.9 Å². The maximum absolute atomic E-state index is 9.81. The average Bonchev–Trinajstić information content (AvgIpc) is 3.20. The molecule has 2 aromatic rings. The fourth-order valence-corrected chi connectivity index (χ4v) is 3.54. The van der Waals surface area contributed by atoms with E-state index in [1.807, 2.05) is 48.8 Å². The molecule has 0 saturated heterocycles. The lowest BCUT2D eigenvalue weighted by Gasteiger charge is -2.15. The van der Waals surface area contributed by atoms with E-state index in [0.717, 1.165) is 11.4 Å². The molecule has 0 unspecified atom stereocenters. The molecule has 0 fully saturated rings. The Bertz CT molecular complexity index is 951. The van der Waals surface area contributed by atoms with Crippen LogP contribution in [-0.4, -0.2) is 23.1 Å². The van der Waals surface area contributed by atoms with E-state index in [2.05, 4.69) is 27.4 Å². The van der Waals surface area contributed by atoms with Gasteiger partial charge >= 0.3 is 0 Å². The summed E-state index contributed by atoms with van der Waals surface area (Å²) in [5.74, 6) is 2.04. The second kappa shape index (κ2) is 8.30. The van der Waals surface area contributed by atoms with Gasteiger partial charge in [-0.15, -0.1) is 0 Å². The third kappa shape index (κ3) is 3.60. The van der Waals surface area contributed by atoms with Crippen molar-refractivity contribution in [1.82, 2.24) is 4.98 Å². The molecule has 0 atom stereocenters. The Morgan fingerprint density at radius 3 is 2.54 bits per heavy atom. The Balaban J connectivity index is 2.13. The molecule has 0 radical (unpaired) electrons. The summed E-state index contributed by atoms with van der Waals surface area (Å²) in [7, 11) is 0. The van der Waals surface area contributed by atoms with Gasteiger partial charge in [-0.3, -0.25) is 5.32 Å². The Labute approximate surface area is 156 Å². The molecule has 1 aromatic heterocycles. The summed E-state index contributed by atoms with van der Waals surface area (Å²) >= 11 is 1.45. The molecule has 1 aromatic carbocycles. The number of amidine groups is 1. The van der Waals surface area contributed by atoms with Crippen molar-refractivity contribution in [1.29, 1.82) is 10.5 Å². The molecule has 26 heavy (non-hydrogen) atoms. The zero-order valence-electron chi connectivity index (χ0n) is 14.2. The molecule has 3 N–H and O–H groups in total. The summed E-state index contributed by atoms with van der Waals surface area (Å²) in [6, 6.07) is 14.0. The highest BCUT2D eigenvalue weighted by Crippen LogP contribution is 2.36. The summed E-state index contributed by atoms with van der Waals surface area (Å²) in [6.07, 6.45) is 3.62. The molecule has 7 heteroatoms. The third-order valence-corrected chi connectivity index (χ3v) is 4.78. The van der Waals surface area contributed by atoms with Gasteiger partial charge < -0.3 is 5.32 Å². The summed E-state index contributed by atoms with van der Waals surface area (Å²) in [4.78, 5) is 8.83. The second-order valence-corrected chi connectivity index (χ2v) is 6.39. The number of aromatic nitrogens is 1. The molecule has 128 valence electrons. The van der Waals surface area contributed by atoms with Gasteiger partial charge in [0.2, 0.25) is 5.84 Å². The van der Waals surface area contributed by atoms with Crippen molar-refractivity contribution < 1.29 is 5.32 Å². The van der Waals surface area contributed by atoms with Crippen molar-refractivity contribution in [3.63, 3.8) is 0 Å². The lowest BCUT2D eigenvalue weighted by molar-refractivity contribution is -0.458. The molecular weight excluding hydrogens is 344 g/mol. The number of rotatable bonds is 6. The van der Waals surface area contributed by atoms with Crippen molar-refractivity contribution in [2.75, 3.05) is 17.6 Å². The first kappa shape index (κ1) is 17.7. The number of anilines is 1. The molecule has 0 spiro atoms. The molecule has 3 rings (SSSR count). The number of benzene rings is 1. The van der Waals surface area contributed by atoms with Gasteiger partial charge in [-0.05, 0) is 12.5 Å². The van der Waals surface area contributed by atoms with Gasteiger partial charge in [-0.2, -0.15) is 10.5 Å². The number of hydrogen-bond acceptors (Lipinski definition) is 6. The lowest BCUT2D eigenvalue weighted by Crippen LogP contribution is -2.81. The smallest absolute Gasteiger partial charge is 0.214 e. The van der Waals surface area contributed by atoms with E-state index in [1.165, 1.54) is 11.8 Å². The molecule has 6 nitrogen and oxygen atoms in total. The van der Waals surface area contributed by atoms with E-state index < -0.39 is 0 Å². The van der Waals surface area contributed by atoms with Gasteiger partial charge in [-0.25, -0.2) is 9.98 Å². The summed E-state index contributed by atoms with van der Waals surface area (Å²) in [5.41, 5.74) is 2.27. The summed E-state index contributed by atoms with van der Waals surface area (Å²) < 4.78 is 0. The first-order valence-corrected chi connectivity index (χ1v) is 9.13. The predicted octanol–water partition coefficient (Wildman–Crippen LogP) is 2.46. The van der Waals surface area contributed by atoms with Crippen molar-refractivity contribution in [3.8, 4) is 23.3 Å². The highest BCUT2D eigenvalue weighted by molar-refractivity contribution is 8.00. The second-order valence-electron chi connectivity index (χ2n) is 5.43. The molecule has 2 heterocycles. The van der Waals surface area contributed by atoms with E-state index in [-0.39, 0.29) is 0 Å². The van der Waals surface area contributed by atoms with Gasteiger partial charge in [0.15, 0.2) is 0 Å². The van der Waals surface area contributed by atoms with Crippen molar-refractivity contribution >= 4 is 23.4 Å². The minimum atomic E-state index is 0.394. The number of nitrogens with zero attached hydrogens (tertiary/aromatic N) is 4. The quantitative estimate of drug-likeness (QED) is 0.770. The van der Waals surface area contributed by atoms with Crippen LogP contribution in [0.1, 0.15) is 18.1 Å². The Morgan fingerprint density at radius 2 is 1.92 bits per heavy atom. The number of nitrogens with one attached hydrogen (secondary N) is 1. The third-order valence-electron chi connectivity index (χ3n) is 3.77. The van der Waals surface area contributed by atoms with Gasteiger partial charge in [0.25, 0.3) is 0 Å². The summed E-state index contributed by atoms with van der Waals surface area (Å²) in [5, 5.41) is 25.2. The first-order chi connectivity index (χ1) is 12.8. The maximum atomic E-state index is 9.81. The van der Waals surface area contributed by atoms with Gasteiger partial charge in [0.1, 0.15) is 34.7 Å². The zero-order chi connectivity index (χ0) is 18.4. The first-order valence-electron chi connectivity index (χ1n) is 8.15. The predicted molar refractivity (Wildman–Crippen MR) is 102 cm³/mol. The Morgan fingerprint density at radius 1 is 1.15 bits per heavy atom. The van der Waals surface area contributed by atoms with E-state index in [4.69, 9.17) is 0 Å². The minimum Gasteiger partial charge on any atom is -0.369 e. The van der Waals surface area contributed by atoms with Crippen LogP contribution in [0, 0.1) is 22.7 Å². The fraction of sp³-hybridized carbons (Fsp3) is 0.158. The Hall–Kier alpha value is -3.13. The Kier molecular flexibility index (Phi) is 5.65. The highest BCUT2D eigenvalue weighted by Gasteiger charge is 2.22. The topological polar surface area (TPSA) is 101 Å². The van der Waals surface area contributed by atoms with E-state index in [1.54, 1.807) is 6.20 Å². The van der Waals surface area contributed by atoms with E-state index in [9.17, 15) is 10.5 Å². The summed E-state index contributed by atoms with van der Waals surface area (Å²) in [6.45, 7) is 2.58. The van der Waals surface area contributed by atoms with Crippen molar-refractivity contribution in [3.05, 3.63) is 53.9 Å². The zero-order valence-corrected chi connectivity index (χ0v) is 15.0. The minimum absolute atomic E-state index is 0.394. The van der Waals surface area contributed by atoms with Gasteiger partial charge in [0, 0.05) is 12.1 Å². The van der Waals surface area contributed by atoms with Crippen LogP contribution in [-0.2, 0) is 0 Å². The van der Waals surface area contributed by atoms with Gasteiger partial charge in [0.05, 0.1) is 17.5 Å². The largest absolute Gasteiger partial charge is 0.369 e. The number of nitriles is 2. The van der Waals surface area contributed by atoms with Crippen LogP contribution in [0.5, 0.6) is 0 Å². The molecule has 0 saturated carbocycles. The number of pyridine rings is 1. The number of quaternary nitrogens is 1. The van der Waals surface area contributed by atoms with Crippen LogP contribution in [0.4, 0.5) is 5.82 Å². The number of thioether (sulfide) groups is 1. The molecule has 0 aliphatic carbocycles. The highest BCUT2D eigenvalue weighted by atomic mass is 32.2. The van der Waals surface area contributed by atoms with Crippen molar-refractivity contribution in [2.24, 2.45) is 4.99 Å². The van der Waals surface area contributed by atoms with Crippen LogP contribution in [0.15, 0.2) is 52.8 Å². The van der Waals surface area contributed by atoms with Crippen LogP contribution >= 0.6 is 11.8 Å². The number of hydrogen-bond donors (Lipinski definition) is 2. The lowest BCUT2D eigenvalue weighted by atomic mass is 9.97. The van der Waals surface area contributed by atoms with E-state index >= 15 is 0 Å². The van der Waals surface area contributed by atoms with Crippen LogP contribution in [0.25, 0.3) is 11.1 Å². The van der Waals surface area contributed by atoms with Gasteiger partial charge in [-0.1, -0.05) is 42.1 Å². The maximum Gasteiger partial charge on any atom is 0.214 e. The fourth-order valence-electron chi connectivity index (χ4n) is 2.63. The number of nitrogens with two attached hydrogens (primary N) is 1. The van der Waals surface area contributed by atoms with Crippen LogP contribution in [0.2, 0.25) is 0 Å². The van der Waals surface area contributed by atoms with Crippen LogP contribution in [0.3, 0.4) is 0 Å². The number of aliphatic imine (C=N–C) groups is 1. The average molecular weight is 361 g/mol. The molecular formula is C19H17N6S+. The SMILES string of the molecule is CCNc1nc(SCC2=NC=C[NH2+]2)c(C#N)c(-c2ccccc2)c1C#N. The van der Waals surface area contributed by atoms with Crippen LogP contribution < -0.4 is 10.6 Å². The monoisotopic (exact) mass is 361 g/mol. The molecule has 1 aliphatic heterocycles. The van der Waals surface area contributed by atoms with E-state index in [0.29, 0.717) is 39.8 Å². The normalized spacial score (nSPS) is 12.3.